The molecule has 1 rings (SSSR count). The van der Waals surface area contributed by atoms with Crippen LogP contribution in [0.1, 0.15) is 68.0 Å². The highest BCUT2D eigenvalue weighted by molar-refractivity contribution is 9.09. The lowest BCUT2D eigenvalue weighted by atomic mass is 9.89. The third-order valence-corrected chi connectivity index (χ3v) is 3.34. The summed E-state index contributed by atoms with van der Waals surface area (Å²) < 4.78 is 0. The third kappa shape index (κ3) is 3.07. The number of rotatable bonds is 3. The van der Waals surface area contributed by atoms with Crippen molar-refractivity contribution in [1.29, 1.82) is 0 Å². The van der Waals surface area contributed by atoms with E-state index in [0.29, 0.717) is 16.7 Å². The van der Waals surface area contributed by atoms with Crippen molar-refractivity contribution >= 4 is 15.9 Å². The van der Waals surface area contributed by atoms with Gasteiger partial charge in [0.25, 0.3) is 0 Å². The van der Waals surface area contributed by atoms with Crippen LogP contribution in [0.15, 0.2) is 18.2 Å². The van der Waals surface area contributed by atoms with Crippen LogP contribution < -0.4 is 0 Å². The average molecular weight is 269 g/mol. The lowest BCUT2D eigenvalue weighted by Gasteiger charge is -2.18. The van der Waals surface area contributed by atoms with Gasteiger partial charge in [0.15, 0.2) is 0 Å². The Hall–Kier alpha value is -0.300. The molecule has 0 amide bonds. The average Bonchev–Trinajstić information content (AvgIpc) is 2.16. The van der Waals surface area contributed by atoms with Gasteiger partial charge in [-0.15, -0.1) is 0 Å². The summed E-state index contributed by atoms with van der Waals surface area (Å²) in [6.45, 7) is 11.2. The minimum atomic E-state index is 0.441. The van der Waals surface area contributed by atoms with Crippen LogP contribution in [0.3, 0.4) is 0 Å². The molecular formula is C14H21Br. The second-order valence-corrected chi connectivity index (χ2v) is 6.19. The number of halogens is 1. The number of alkyl halides is 1. The van der Waals surface area contributed by atoms with Crippen molar-refractivity contribution in [3.8, 4) is 0 Å². The summed E-state index contributed by atoms with van der Waals surface area (Å²) in [5, 5.41) is 0. The van der Waals surface area contributed by atoms with Gasteiger partial charge < -0.3 is 0 Å². The molecule has 0 aliphatic carbocycles. The standard InChI is InChI=1S/C14H21Br/c1-9(2)13-7-6-12(11(5)15)8-14(13)10(3)4/h6-11H,1-5H3/t11-/m0/s1. The topological polar surface area (TPSA) is 0 Å². The summed E-state index contributed by atoms with van der Waals surface area (Å²) in [5.74, 6) is 1.22. The van der Waals surface area contributed by atoms with E-state index in [4.69, 9.17) is 0 Å². The lowest BCUT2D eigenvalue weighted by molar-refractivity contribution is 0.787. The lowest BCUT2D eigenvalue weighted by Crippen LogP contribution is -2.00. The molecule has 1 heteroatoms. The maximum atomic E-state index is 3.63. The highest BCUT2D eigenvalue weighted by atomic mass is 79.9. The van der Waals surface area contributed by atoms with Crippen LogP contribution in [0.4, 0.5) is 0 Å². The van der Waals surface area contributed by atoms with Crippen molar-refractivity contribution in [2.24, 2.45) is 0 Å². The predicted molar refractivity (Wildman–Crippen MR) is 72.0 cm³/mol. The normalized spacial score (nSPS) is 13.6. The maximum absolute atomic E-state index is 3.63. The molecule has 0 aliphatic heterocycles. The Morgan fingerprint density at radius 2 is 1.40 bits per heavy atom. The van der Waals surface area contributed by atoms with Crippen LogP contribution in [-0.2, 0) is 0 Å². The van der Waals surface area contributed by atoms with Crippen LogP contribution in [0, 0.1) is 0 Å². The van der Waals surface area contributed by atoms with Gasteiger partial charge in [-0.2, -0.15) is 0 Å². The SMILES string of the molecule is CC(C)c1ccc([C@H](C)Br)cc1C(C)C. The van der Waals surface area contributed by atoms with Crippen molar-refractivity contribution in [3.05, 3.63) is 34.9 Å². The minimum absolute atomic E-state index is 0.441. The highest BCUT2D eigenvalue weighted by Crippen LogP contribution is 2.31. The van der Waals surface area contributed by atoms with Gasteiger partial charge in [-0.1, -0.05) is 61.8 Å². The van der Waals surface area contributed by atoms with Crippen molar-refractivity contribution < 1.29 is 0 Å². The van der Waals surface area contributed by atoms with Crippen molar-refractivity contribution in [3.63, 3.8) is 0 Å². The molecule has 0 fully saturated rings. The van der Waals surface area contributed by atoms with Gasteiger partial charge in [0.1, 0.15) is 0 Å². The van der Waals surface area contributed by atoms with E-state index >= 15 is 0 Å². The molecule has 15 heavy (non-hydrogen) atoms. The first-order valence-electron chi connectivity index (χ1n) is 5.71. The first kappa shape index (κ1) is 12.8. The van der Waals surface area contributed by atoms with Crippen molar-refractivity contribution in [2.45, 2.75) is 51.3 Å². The fraction of sp³-hybridized carbons (Fsp3) is 0.571. The molecule has 84 valence electrons. The van der Waals surface area contributed by atoms with E-state index < -0.39 is 0 Å². The van der Waals surface area contributed by atoms with Gasteiger partial charge in [0.05, 0.1) is 0 Å². The zero-order valence-corrected chi connectivity index (χ0v) is 11.9. The van der Waals surface area contributed by atoms with Crippen LogP contribution in [-0.4, -0.2) is 0 Å². The quantitative estimate of drug-likeness (QED) is 0.645. The van der Waals surface area contributed by atoms with E-state index in [1.807, 2.05) is 0 Å². The number of hydrogen-bond acceptors (Lipinski definition) is 0. The summed E-state index contributed by atoms with van der Waals surface area (Å²) in [7, 11) is 0. The fourth-order valence-corrected chi connectivity index (χ4v) is 2.15. The van der Waals surface area contributed by atoms with Crippen molar-refractivity contribution in [1.82, 2.24) is 0 Å². The molecule has 0 aromatic heterocycles. The Kier molecular flexibility index (Phi) is 4.39. The molecule has 0 spiro atoms. The smallest absolute Gasteiger partial charge is 0.0367 e. The monoisotopic (exact) mass is 268 g/mol. The van der Waals surface area contributed by atoms with E-state index in [9.17, 15) is 0 Å². The zero-order chi connectivity index (χ0) is 11.6. The minimum Gasteiger partial charge on any atom is -0.0842 e. The molecule has 1 aromatic rings. The summed E-state index contributed by atoms with van der Waals surface area (Å²) >= 11 is 3.63. The first-order chi connectivity index (χ1) is 6.93. The van der Waals surface area contributed by atoms with Gasteiger partial charge in [0.2, 0.25) is 0 Å². The Morgan fingerprint density at radius 1 is 0.867 bits per heavy atom. The summed E-state index contributed by atoms with van der Waals surface area (Å²) in [6.07, 6.45) is 0. The Morgan fingerprint density at radius 3 is 1.80 bits per heavy atom. The van der Waals surface area contributed by atoms with Gasteiger partial charge in [-0.3, -0.25) is 0 Å². The largest absolute Gasteiger partial charge is 0.0842 e. The van der Waals surface area contributed by atoms with Gasteiger partial charge in [-0.05, 0) is 35.4 Å². The van der Waals surface area contributed by atoms with Crippen LogP contribution >= 0.6 is 15.9 Å². The van der Waals surface area contributed by atoms with Gasteiger partial charge >= 0.3 is 0 Å². The Labute approximate surface area is 102 Å². The third-order valence-electron chi connectivity index (χ3n) is 2.81. The first-order valence-corrected chi connectivity index (χ1v) is 6.62. The molecule has 0 saturated heterocycles. The molecule has 0 bridgehead atoms. The highest BCUT2D eigenvalue weighted by Gasteiger charge is 2.12. The van der Waals surface area contributed by atoms with Gasteiger partial charge in [0, 0.05) is 4.83 Å². The zero-order valence-electron chi connectivity index (χ0n) is 10.3. The Bertz CT molecular complexity index is 324. The number of benzene rings is 1. The van der Waals surface area contributed by atoms with Gasteiger partial charge in [-0.25, -0.2) is 0 Å². The second kappa shape index (κ2) is 5.16. The van der Waals surface area contributed by atoms with Crippen LogP contribution in [0.5, 0.6) is 0 Å². The molecule has 0 nitrogen and oxygen atoms in total. The molecule has 0 N–H and O–H groups in total. The molecule has 0 saturated carbocycles. The number of hydrogen-bond donors (Lipinski definition) is 0. The molecule has 0 aliphatic rings. The van der Waals surface area contributed by atoms with Crippen molar-refractivity contribution in [2.75, 3.05) is 0 Å². The molecule has 0 radical (unpaired) electrons. The maximum Gasteiger partial charge on any atom is 0.0367 e. The molecular weight excluding hydrogens is 248 g/mol. The summed E-state index contributed by atoms with van der Waals surface area (Å²) in [5.41, 5.74) is 4.36. The van der Waals surface area contributed by atoms with E-state index in [2.05, 4.69) is 68.7 Å². The summed E-state index contributed by atoms with van der Waals surface area (Å²) in [6, 6.07) is 6.87. The fourth-order valence-electron chi connectivity index (χ4n) is 1.87. The second-order valence-electron chi connectivity index (χ2n) is 4.81. The van der Waals surface area contributed by atoms with E-state index in [1.54, 1.807) is 0 Å². The van der Waals surface area contributed by atoms with E-state index in [-0.39, 0.29) is 0 Å². The molecule has 1 atom stereocenters. The molecule has 1 aromatic carbocycles. The Balaban J connectivity index is 3.21. The van der Waals surface area contributed by atoms with E-state index in [0.717, 1.165) is 0 Å². The van der Waals surface area contributed by atoms with Crippen LogP contribution in [0.2, 0.25) is 0 Å². The van der Waals surface area contributed by atoms with Crippen LogP contribution in [0.25, 0.3) is 0 Å². The summed E-state index contributed by atoms with van der Waals surface area (Å²) in [4.78, 5) is 0.441. The molecule has 0 unspecified atom stereocenters. The predicted octanol–water partition coefficient (Wildman–Crippen LogP) is 5.39. The molecule has 0 heterocycles. The van der Waals surface area contributed by atoms with E-state index in [1.165, 1.54) is 16.7 Å².